The van der Waals surface area contributed by atoms with Crippen molar-refractivity contribution in [1.29, 1.82) is 0 Å². The summed E-state index contributed by atoms with van der Waals surface area (Å²) in [7, 11) is 0. The van der Waals surface area contributed by atoms with Gasteiger partial charge in [0.2, 0.25) is 0 Å². The Kier molecular flexibility index (Phi) is 4.36. The van der Waals surface area contributed by atoms with Gasteiger partial charge in [0, 0.05) is 23.6 Å². The summed E-state index contributed by atoms with van der Waals surface area (Å²) in [4.78, 5) is 16.9. The normalized spacial score (nSPS) is 19.9. The lowest BCUT2D eigenvalue weighted by Gasteiger charge is -2.22. The fourth-order valence-corrected chi connectivity index (χ4v) is 1.80. The highest BCUT2D eigenvalue weighted by molar-refractivity contribution is 6.30. The third-order valence-corrected chi connectivity index (χ3v) is 2.74. The summed E-state index contributed by atoms with van der Waals surface area (Å²) in [5.74, 6) is -0.318. The lowest BCUT2D eigenvalue weighted by molar-refractivity contribution is -0.186. The summed E-state index contributed by atoms with van der Waals surface area (Å²) in [6, 6.07) is 6.69. The van der Waals surface area contributed by atoms with Crippen molar-refractivity contribution < 1.29 is 14.4 Å². The Morgan fingerprint density at radius 1 is 1.47 bits per heavy atom. The highest BCUT2D eigenvalue weighted by atomic mass is 35.5. The third-order valence-electron chi connectivity index (χ3n) is 2.51. The molecule has 0 unspecified atom stereocenters. The van der Waals surface area contributed by atoms with Gasteiger partial charge in [-0.1, -0.05) is 17.7 Å². The minimum atomic E-state index is -0.341. The van der Waals surface area contributed by atoms with Gasteiger partial charge in [0.1, 0.15) is 0 Å². The zero-order chi connectivity index (χ0) is 12.1. The molecule has 1 heterocycles. The van der Waals surface area contributed by atoms with Crippen molar-refractivity contribution in [1.82, 2.24) is 5.48 Å². The lowest BCUT2D eigenvalue weighted by Crippen LogP contribution is -2.33. The molecule has 2 rings (SSSR count). The molecule has 0 spiro atoms. The highest BCUT2D eigenvalue weighted by Gasteiger charge is 2.16. The second kappa shape index (κ2) is 6.00. The van der Waals surface area contributed by atoms with Crippen LogP contribution in [0.25, 0.3) is 0 Å². The molecule has 1 fully saturated rings. The number of hydrogen-bond donors (Lipinski definition) is 1. The van der Waals surface area contributed by atoms with E-state index in [9.17, 15) is 4.79 Å². The van der Waals surface area contributed by atoms with Crippen molar-refractivity contribution in [2.24, 2.45) is 0 Å². The first-order valence-corrected chi connectivity index (χ1v) is 5.96. The van der Waals surface area contributed by atoms with Crippen LogP contribution in [-0.2, 0) is 9.57 Å². The van der Waals surface area contributed by atoms with Crippen LogP contribution in [0.15, 0.2) is 24.3 Å². The second-order valence-electron chi connectivity index (χ2n) is 3.86. The van der Waals surface area contributed by atoms with Gasteiger partial charge in [-0.15, -0.1) is 0 Å². The summed E-state index contributed by atoms with van der Waals surface area (Å²) < 4.78 is 5.32. The van der Waals surface area contributed by atoms with E-state index in [1.807, 2.05) is 0 Å². The molecule has 0 bridgehead atoms. The van der Waals surface area contributed by atoms with E-state index in [1.54, 1.807) is 24.3 Å². The number of carbonyl (C=O) groups excluding carboxylic acids is 1. The van der Waals surface area contributed by atoms with E-state index in [0.717, 1.165) is 19.3 Å². The third kappa shape index (κ3) is 3.70. The maximum absolute atomic E-state index is 11.7. The zero-order valence-electron chi connectivity index (χ0n) is 9.32. The minimum absolute atomic E-state index is 0.318. The summed E-state index contributed by atoms with van der Waals surface area (Å²) in [5.41, 5.74) is 2.84. The fraction of sp³-hybridized carbons (Fsp3) is 0.417. The van der Waals surface area contributed by atoms with Gasteiger partial charge in [0.15, 0.2) is 6.29 Å². The van der Waals surface area contributed by atoms with Crippen LogP contribution in [-0.4, -0.2) is 18.8 Å². The van der Waals surface area contributed by atoms with E-state index < -0.39 is 0 Å². The van der Waals surface area contributed by atoms with Gasteiger partial charge in [-0.25, -0.2) is 10.3 Å². The predicted octanol–water partition coefficient (Wildman–Crippen LogP) is 2.53. The van der Waals surface area contributed by atoms with Crippen LogP contribution >= 0.6 is 11.6 Å². The van der Waals surface area contributed by atoms with Gasteiger partial charge < -0.3 is 4.74 Å². The van der Waals surface area contributed by atoms with E-state index in [-0.39, 0.29) is 12.2 Å². The van der Waals surface area contributed by atoms with E-state index in [0.29, 0.717) is 17.2 Å². The van der Waals surface area contributed by atoms with Crippen LogP contribution in [0.1, 0.15) is 29.6 Å². The molecule has 1 amide bonds. The minimum Gasteiger partial charge on any atom is -0.350 e. The summed E-state index contributed by atoms with van der Waals surface area (Å²) in [6.45, 7) is 0.678. The van der Waals surface area contributed by atoms with Gasteiger partial charge >= 0.3 is 0 Å². The molecule has 92 valence electrons. The van der Waals surface area contributed by atoms with Crippen LogP contribution < -0.4 is 5.48 Å². The largest absolute Gasteiger partial charge is 0.350 e. The molecule has 0 aromatic heterocycles. The molecule has 1 aliphatic rings. The SMILES string of the molecule is O=C(NO[C@@H]1CCCCO1)c1cccc(Cl)c1. The van der Waals surface area contributed by atoms with E-state index in [2.05, 4.69) is 5.48 Å². The van der Waals surface area contributed by atoms with E-state index in [1.165, 1.54) is 0 Å². The monoisotopic (exact) mass is 255 g/mol. The van der Waals surface area contributed by atoms with Crippen LogP contribution in [0.4, 0.5) is 0 Å². The van der Waals surface area contributed by atoms with Crippen molar-refractivity contribution in [3.05, 3.63) is 34.9 Å². The van der Waals surface area contributed by atoms with Crippen molar-refractivity contribution in [3.8, 4) is 0 Å². The fourth-order valence-electron chi connectivity index (χ4n) is 1.61. The van der Waals surface area contributed by atoms with Crippen LogP contribution in [0.2, 0.25) is 5.02 Å². The first-order chi connectivity index (χ1) is 8.25. The van der Waals surface area contributed by atoms with Gasteiger partial charge in [0.05, 0.1) is 0 Å². The van der Waals surface area contributed by atoms with Crippen molar-refractivity contribution in [2.45, 2.75) is 25.6 Å². The number of carbonyl (C=O) groups is 1. The van der Waals surface area contributed by atoms with Crippen molar-refractivity contribution >= 4 is 17.5 Å². The Morgan fingerprint density at radius 3 is 3.06 bits per heavy atom. The molecule has 4 nitrogen and oxygen atoms in total. The Hall–Kier alpha value is -1.10. The van der Waals surface area contributed by atoms with Crippen molar-refractivity contribution in [3.63, 3.8) is 0 Å². The number of benzene rings is 1. The molecule has 1 aromatic rings. The summed E-state index contributed by atoms with van der Waals surface area (Å²) >= 11 is 5.79. The summed E-state index contributed by atoms with van der Waals surface area (Å²) in [6.07, 6.45) is 2.56. The Bertz CT molecular complexity index is 391. The van der Waals surface area contributed by atoms with Gasteiger partial charge in [0.25, 0.3) is 5.91 Å². The molecule has 1 aromatic carbocycles. The number of hydroxylamine groups is 1. The van der Waals surface area contributed by atoms with Crippen LogP contribution in [0.3, 0.4) is 0 Å². The maximum atomic E-state index is 11.7. The van der Waals surface area contributed by atoms with E-state index >= 15 is 0 Å². The Balaban J connectivity index is 1.84. The smallest absolute Gasteiger partial charge is 0.274 e. The number of nitrogens with one attached hydrogen (secondary N) is 1. The quantitative estimate of drug-likeness (QED) is 0.845. The van der Waals surface area contributed by atoms with Crippen LogP contribution in [0, 0.1) is 0 Å². The van der Waals surface area contributed by atoms with Crippen LogP contribution in [0.5, 0.6) is 0 Å². The number of halogens is 1. The molecule has 1 aliphatic heterocycles. The molecule has 1 atom stereocenters. The van der Waals surface area contributed by atoms with E-state index in [4.69, 9.17) is 21.2 Å². The molecule has 1 N–H and O–H groups in total. The molecule has 5 heteroatoms. The zero-order valence-corrected chi connectivity index (χ0v) is 10.1. The summed E-state index contributed by atoms with van der Waals surface area (Å²) in [5, 5.41) is 0.520. The van der Waals surface area contributed by atoms with Gasteiger partial charge in [-0.2, -0.15) is 0 Å². The molecule has 0 saturated carbocycles. The van der Waals surface area contributed by atoms with Crippen molar-refractivity contribution in [2.75, 3.05) is 6.61 Å². The second-order valence-corrected chi connectivity index (χ2v) is 4.29. The maximum Gasteiger partial charge on any atom is 0.274 e. The van der Waals surface area contributed by atoms with Gasteiger partial charge in [-0.05, 0) is 31.0 Å². The number of ether oxygens (including phenoxy) is 1. The molecular weight excluding hydrogens is 242 g/mol. The lowest BCUT2D eigenvalue weighted by atomic mass is 10.2. The Morgan fingerprint density at radius 2 is 2.35 bits per heavy atom. The number of hydrogen-bond acceptors (Lipinski definition) is 3. The first kappa shape index (κ1) is 12.4. The molecule has 0 aliphatic carbocycles. The highest BCUT2D eigenvalue weighted by Crippen LogP contribution is 2.13. The molecule has 0 radical (unpaired) electrons. The van der Waals surface area contributed by atoms with Gasteiger partial charge in [-0.3, -0.25) is 4.79 Å². The molecule has 17 heavy (non-hydrogen) atoms. The molecular formula is C12H14ClNO3. The number of amides is 1. The average Bonchev–Trinajstić information content (AvgIpc) is 2.37. The number of rotatable bonds is 3. The predicted molar refractivity (Wildman–Crippen MR) is 63.6 cm³/mol. The Labute approximate surface area is 105 Å². The first-order valence-electron chi connectivity index (χ1n) is 5.59. The topological polar surface area (TPSA) is 47.6 Å². The average molecular weight is 256 g/mol. The molecule has 1 saturated heterocycles. The standard InChI is InChI=1S/C12H14ClNO3/c13-10-5-3-4-9(8-10)12(15)14-17-11-6-1-2-7-16-11/h3-5,8,11H,1-2,6-7H2,(H,14,15)/t11-/m1/s1.